The van der Waals surface area contributed by atoms with Gasteiger partial charge in [-0.2, -0.15) is 0 Å². The van der Waals surface area contributed by atoms with Gasteiger partial charge in [0, 0.05) is 24.3 Å². The summed E-state index contributed by atoms with van der Waals surface area (Å²) in [7, 11) is 1.80. The van der Waals surface area contributed by atoms with Gasteiger partial charge in [-0.25, -0.2) is 0 Å². The summed E-state index contributed by atoms with van der Waals surface area (Å²) in [6.45, 7) is 9.03. The number of nitrogens with zero attached hydrogens (tertiary/aromatic N) is 1. The number of rotatable bonds is 2. The Hall–Kier alpha value is -0.220. The molecule has 0 spiro atoms. The minimum absolute atomic E-state index is 0.177. The maximum Gasteiger partial charge on any atom is 0.157 e. The molecule has 17 heavy (non-hydrogen) atoms. The normalized spacial score (nSPS) is 43.0. The molecule has 2 rings (SSSR count). The number of nitrogens with one attached hydrogen (secondary N) is 1. The monoisotopic (exact) mass is 256 g/mol. The Morgan fingerprint density at radius 1 is 1.41 bits per heavy atom. The van der Waals surface area contributed by atoms with Crippen LogP contribution < -0.4 is 5.32 Å². The van der Waals surface area contributed by atoms with Crippen molar-refractivity contribution in [1.82, 2.24) is 5.32 Å². The lowest BCUT2D eigenvalue weighted by Gasteiger charge is -2.49. The molecule has 0 bridgehead atoms. The smallest absolute Gasteiger partial charge is 0.157 e. The number of hydrogen-bond acceptors (Lipinski definition) is 3. The van der Waals surface area contributed by atoms with E-state index < -0.39 is 0 Å². The van der Waals surface area contributed by atoms with Crippen LogP contribution in [0.15, 0.2) is 4.99 Å². The molecule has 1 saturated carbocycles. The van der Waals surface area contributed by atoms with Crippen LogP contribution in [0.5, 0.6) is 0 Å². The fourth-order valence-corrected chi connectivity index (χ4v) is 3.61. The zero-order valence-corrected chi connectivity index (χ0v) is 12.3. The first-order chi connectivity index (χ1) is 7.95. The van der Waals surface area contributed by atoms with Crippen molar-refractivity contribution in [2.75, 3.05) is 12.9 Å². The largest absolute Gasteiger partial charge is 0.381 e. The Bertz CT molecular complexity index is 317. The summed E-state index contributed by atoms with van der Waals surface area (Å²) in [4.78, 5) is 4.87. The highest BCUT2D eigenvalue weighted by Gasteiger charge is 2.49. The third-order valence-corrected chi connectivity index (χ3v) is 5.56. The number of thioether (sulfide) groups is 1. The number of methoxy groups -OCH3 is 1. The van der Waals surface area contributed by atoms with Gasteiger partial charge in [-0.3, -0.25) is 4.99 Å². The summed E-state index contributed by atoms with van der Waals surface area (Å²) in [5, 5.41) is 4.64. The average molecular weight is 256 g/mol. The lowest BCUT2D eigenvalue weighted by atomic mass is 9.65. The molecular formula is C13H24N2OS. The first-order valence-electron chi connectivity index (χ1n) is 6.45. The predicted molar refractivity (Wildman–Crippen MR) is 74.6 cm³/mol. The predicted octanol–water partition coefficient (Wildman–Crippen LogP) is 2.52. The van der Waals surface area contributed by atoms with Crippen molar-refractivity contribution in [3.05, 3.63) is 0 Å². The fourth-order valence-electron chi connectivity index (χ4n) is 2.43. The molecule has 0 amide bonds. The van der Waals surface area contributed by atoms with Crippen molar-refractivity contribution in [3.63, 3.8) is 0 Å². The molecule has 1 heterocycles. The van der Waals surface area contributed by atoms with E-state index in [2.05, 4.69) is 33.0 Å². The van der Waals surface area contributed by atoms with Gasteiger partial charge in [-0.1, -0.05) is 32.5 Å². The molecule has 4 unspecified atom stereocenters. The van der Waals surface area contributed by atoms with E-state index in [9.17, 15) is 0 Å². The Labute approximate surface area is 109 Å². The zero-order chi connectivity index (χ0) is 12.6. The summed E-state index contributed by atoms with van der Waals surface area (Å²) in [6, 6.07) is 0.944. The second-order valence-electron chi connectivity index (χ2n) is 5.95. The van der Waals surface area contributed by atoms with Gasteiger partial charge in [-0.15, -0.1) is 0 Å². The van der Waals surface area contributed by atoms with E-state index in [-0.39, 0.29) is 5.41 Å². The molecule has 4 heteroatoms. The number of aliphatic imine (C=N–C) groups is 1. The Morgan fingerprint density at radius 3 is 2.65 bits per heavy atom. The first-order valence-corrected chi connectivity index (χ1v) is 7.43. The molecule has 0 aromatic heterocycles. The summed E-state index contributed by atoms with van der Waals surface area (Å²) >= 11 is 1.86. The van der Waals surface area contributed by atoms with Crippen molar-refractivity contribution in [2.45, 2.75) is 52.3 Å². The molecule has 0 radical (unpaired) electrons. The molecule has 0 aromatic rings. The molecule has 1 N–H and O–H groups in total. The van der Waals surface area contributed by atoms with Crippen molar-refractivity contribution < 1.29 is 4.74 Å². The average Bonchev–Trinajstić information content (AvgIpc) is 2.28. The maximum atomic E-state index is 5.46. The molecule has 98 valence electrons. The van der Waals surface area contributed by atoms with E-state index in [0.29, 0.717) is 18.2 Å². The summed E-state index contributed by atoms with van der Waals surface area (Å²) in [5.41, 5.74) is 0.177. The van der Waals surface area contributed by atoms with Gasteiger partial charge in [0.05, 0.1) is 12.1 Å². The van der Waals surface area contributed by atoms with Crippen LogP contribution in [-0.4, -0.2) is 36.2 Å². The topological polar surface area (TPSA) is 33.6 Å². The molecule has 2 aliphatic rings. The summed E-state index contributed by atoms with van der Waals surface area (Å²) in [5.74, 6) is 1.90. The fraction of sp³-hybridized carbons (Fsp3) is 0.923. The van der Waals surface area contributed by atoms with E-state index in [0.717, 1.165) is 17.5 Å². The highest BCUT2D eigenvalue weighted by molar-refractivity contribution is 8.13. The quantitative estimate of drug-likeness (QED) is 0.824. The molecule has 1 aliphatic heterocycles. The van der Waals surface area contributed by atoms with Crippen LogP contribution in [0.2, 0.25) is 0 Å². The molecule has 2 fully saturated rings. The Balaban J connectivity index is 1.97. The van der Waals surface area contributed by atoms with Crippen LogP contribution >= 0.6 is 11.8 Å². The highest BCUT2D eigenvalue weighted by Crippen LogP contribution is 2.45. The van der Waals surface area contributed by atoms with Crippen LogP contribution in [0.25, 0.3) is 0 Å². The van der Waals surface area contributed by atoms with Crippen LogP contribution in [0.3, 0.4) is 0 Å². The van der Waals surface area contributed by atoms with Crippen LogP contribution in [0.4, 0.5) is 0 Å². The lowest BCUT2D eigenvalue weighted by molar-refractivity contribution is -0.0850. The van der Waals surface area contributed by atoms with Gasteiger partial charge in [0.2, 0.25) is 0 Å². The Kier molecular flexibility index (Phi) is 3.74. The van der Waals surface area contributed by atoms with Crippen LogP contribution in [0.1, 0.15) is 34.1 Å². The van der Waals surface area contributed by atoms with E-state index in [1.54, 1.807) is 7.11 Å². The van der Waals surface area contributed by atoms with E-state index in [1.807, 2.05) is 11.8 Å². The van der Waals surface area contributed by atoms with Crippen LogP contribution in [0, 0.1) is 11.3 Å². The van der Waals surface area contributed by atoms with Gasteiger partial charge in [0.25, 0.3) is 0 Å². The van der Waals surface area contributed by atoms with Crippen molar-refractivity contribution in [1.29, 1.82) is 0 Å². The molecule has 4 atom stereocenters. The molecule has 1 aliphatic carbocycles. The van der Waals surface area contributed by atoms with Gasteiger partial charge >= 0.3 is 0 Å². The minimum Gasteiger partial charge on any atom is -0.381 e. The third kappa shape index (κ3) is 2.48. The van der Waals surface area contributed by atoms with E-state index >= 15 is 0 Å². The van der Waals surface area contributed by atoms with Crippen molar-refractivity contribution >= 4 is 16.9 Å². The van der Waals surface area contributed by atoms with Gasteiger partial charge in [0.1, 0.15) is 0 Å². The van der Waals surface area contributed by atoms with Gasteiger partial charge in [0.15, 0.2) is 5.17 Å². The molecule has 0 aromatic carbocycles. The maximum absolute atomic E-state index is 5.46. The summed E-state index contributed by atoms with van der Waals surface area (Å²) < 4.78 is 5.46. The van der Waals surface area contributed by atoms with Crippen LogP contribution in [-0.2, 0) is 4.74 Å². The summed E-state index contributed by atoms with van der Waals surface area (Å²) in [6.07, 6.45) is 1.42. The van der Waals surface area contributed by atoms with Crippen molar-refractivity contribution in [3.8, 4) is 0 Å². The minimum atomic E-state index is 0.177. The van der Waals surface area contributed by atoms with E-state index in [1.165, 1.54) is 5.75 Å². The molecule has 3 nitrogen and oxygen atoms in total. The second-order valence-corrected chi connectivity index (χ2v) is 6.96. The van der Waals surface area contributed by atoms with Gasteiger partial charge < -0.3 is 10.1 Å². The van der Waals surface area contributed by atoms with Gasteiger partial charge in [-0.05, 0) is 19.3 Å². The second kappa shape index (κ2) is 4.81. The highest BCUT2D eigenvalue weighted by atomic mass is 32.2. The van der Waals surface area contributed by atoms with E-state index in [4.69, 9.17) is 9.73 Å². The lowest BCUT2D eigenvalue weighted by Crippen LogP contribution is -2.54. The number of hydrogen-bond donors (Lipinski definition) is 1. The first kappa shape index (κ1) is 13.2. The molecule has 1 saturated heterocycles. The third-order valence-electron chi connectivity index (χ3n) is 4.37. The Morgan fingerprint density at radius 2 is 2.12 bits per heavy atom. The SMILES string of the molecule is COC1CC(N=C2NC(C)C(C)CS2)C1(C)C. The van der Waals surface area contributed by atoms with Crippen molar-refractivity contribution in [2.24, 2.45) is 16.3 Å². The number of amidine groups is 1. The standard InChI is InChI=1S/C13H24N2OS/c1-8-7-17-12(14-9(8)2)15-10-6-11(16-5)13(10,3)4/h8-11H,6-7H2,1-5H3,(H,14,15). The molecular weight excluding hydrogens is 232 g/mol. The zero-order valence-electron chi connectivity index (χ0n) is 11.5. The number of ether oxygens (including phenoxy) is 1.